The van der Waals surface area contributed by atoms with E-state index < -0.39 is 0 Å². The van der Waals surface area contributed by atoms with Crippen molar-refractivity contribution in [3.63, 3.8) is 0 Å². The molecule has 0 radical (unpaired) electrons. The maximum atomic E-state index is 12.6. The highest BCUT2D eigenvalue weighted by molar-refractivity contribution is 6.06. The van der Waals surface area contributed by atoms with Gasteiger partial charge in [0.15, 0.2) is 5.65 Å². The molecule has 2 aromatic carbocycles. The average Bonchev–Trinajstić information content (AvgIpc) is 3.68. The Kier molecular flexibility index (Phi) is 7.53. The third-order valence-electron chi connectivity index (χ3n) is 6.67. The molecular formula is C31H30N8O3. The number of pyridine rings is 1. The Balaban J connectivity index is 1.25. The molecule has 1 fully saturated rings. The Morgan fingerprint density at radius 3 is 2.76 bits per heavy atom. The summed E-state index contributed by atoms with van der Waals surface area (Å²) in [6.45, 7) is 3.14. The van der Waals surface area contributed by atoms with Crippen molar-refractivity contribution >= 4 is 39.6 Å². The van der Waals surface area contributed by atoms with Crippen molar-refractivity contribution in [1.29, 1.82) is 0 Å². The third-order valence-corrected chi connectivity index (χ3v) is 6.67. The molecule has 0 spiro atoms. The van der Waals surface area contributed by atoms with Gasteiger partial charge in [0.1, 0.15) is 42.3 Å². The minimum Gasteiger partial charge on any atom is -0.490 e. The number of carbonyl (C=O) groups excluding carboxylic acids is 1. The number of hydrogen-bond acceptors (Lipinski definition) is 9. The van der Waals surface area contributed by atoms with Crippen LogP contribution >= 0.6 is 0 Å². The Morgan fingerprint density at radius 2 is 1.95 bits per heavy atom. The molecule has 5 aromatic rings. The highest BCUT2D eigenvalue weighted by atomic mass is 16.5. The van der Waals surface area contributed by atoms with Gasteiger partial charge >= 0.3 is 0 Å². The van der Waals surface area contributed by atoms with Gasteiger partial charge in [0.25, 0.3) is 5.91 Å². The Hall–Kier alpha value is -5.21. The number of carbonyl (C=O) groups is 1. The maximum absolute atomic E-state index is 12.6. The second-order valence-electron chi connectivity index (χ2n) is 10.4. The van der Waals surface area contributed by atoms with E-state index in [4.69, 9.17) is 9.47 Å². The van der Waals surface area contributed by atoms with Crippen molar-refractivity contribution in [1.82, 2.24) is 29.5 Å². The fourth-order valence-corrected chi connectivity index (χ4v) is 4.25. The van der Waals surface area contributed by atoms with Crippen LogP contribution in [0.5, 0.6) is 17.2 Å². The molecule has 0 atom stereocenters. The van der Waals surface area contributed by atoms with Crippen molar-refractivity contribution in [3.05, 3.63) is 66.9 Å². The number of rotatable bonds is 9. The zero-order valence-electron chi connectivity index (χ0n) is 23.6. The van der Waals surface area contributed by atoms with Gasteiger partial charge in [-0.1, -0.05) is 5.92 Å². The van der Waals surface area contributed by atoms with Crippen molar-refractivity contribution in [3.8, 4) is 29.1 Å². The van der Waals surface area contributed by atoms with E-state index in [0.717, 1.165) is 36.0 Å². The Labute approximate surface area is 242 Å². The number of aromatic nitrogens is 5. The lowest BCUT2D eigenvalue weighted by Crippen LogP contribution is -2.20. The third kappa shape index (κ3) is 6.40. The lowest BCUT2D eigenvalue weighted by Gasteiger charge is -2.16. The van der Waals surface area contributed by atoms with Crippen LogP contribution < -0.4 is 20.1 Å². The lowest BCUT2D eigenvalue weighted by molar-refractivity contribution is -0.111. The number of fused-ring (bicyclic) bond motifs is 2. The summed E-state index contributed by atoms with van der Waals surface area (Å²) in [5.74, 6) is 8.15. The monoisotopic (exact) mass is 562 g/mol. The summed E-state index contributed by atoms with van der Waals surface area (Å²) in [7, 11) is 3.95. The predicted octanol–water partition coefficient (Wildman–Crippen LogP) is 4.81. The van der Waals surface area contributed by atoms with E-state index in [-0.39, 0.29) is 5.91 Å². The van der Waals surface area contributed by atoms with Gasteiger partial charge in [0.05, 0.1) is 11.2 Å². The van der Waals surface area contributed by atoms with Crippen LogP contribution in [0.2, 0.25) is 0 Å². The first-order valence-corrected chi connectivity index (χ1v) is 13.6. The molecule has 1 aliphatic rings. The van der Waals surface area contributed by atoms with E-state index in [2.05, 4.69) is 42.5 Å². The first-order valence-electron chi connectivity index (χ1n) is 13.6. The molecule has 1 amide bonds. The molecular weight excluding hydrogens is 532 g/mol. The predicted molar refractivity (Wildman–Crippen MR) is 160 cm³/mol. The first kappa shape index (κ1) is 27.0. The molecule has 0 saturated heterocycles. The molecule has 6 rings (SSSR count). The summed E-state index contributed by atoms with van der Waals surface area (Å²) in [6, 6.07) is 13.1. The van der Waals surface area contributed by atoms with E-state index in [1.54, 1.807) is 10.7 Å². The van der Waals surface area contributed by atoms with Gasteiger partial charge in [-0.25, -0.2) is 19.5 Å². The molecule has 2 N–H and O–H groups in total. The van der Waals surface area contributed by atoms with Gasteiger partial charge in [-0.2, -0.15) is 5.10 Å². The topological polar surface area (TPSA) is 119 Å². The summed E-state index contributed by atoms with van der Waals surface area (Å²) >= 11 is 0. The van der Waals surface area contributed by atoms with Crippen molar-refractivity contribution < 1.29 is 14.3 Å². The molecule has 11 nitrogen and oxygen atoms in total. The zero-order valence-corrected chi connectivity index (χ0v) is 23.6. The van der Waals surface area contributed by atoms with Crippen LogP contribution in [0.1, 0.15) is 18.4 Å². The number of nitrogens with zero attached hydrogens (tertiary/aromatic N) is 6. The van der Waals surface area contributed by atoms with Crippen LogP contribution in [-0.4, -0.2) is 62.6 Å². The van der Waals surface area contributed by atoms with Crippen LogP contribution in [-0.2, 0) is 4.79 Å². The second kappa shape index (κ2) is 11.7. The SMILES string of the molecule is Cc1cc(Nc2ncnc3cc(OCCN(C)C)c(NC(=O)C#CC4CC4)cc23)ccc1Oc1ccn2ncnc2c1. The molecule has 0 bridgehead atoms. The smallest absolute Gasteiger partial charge is 0.300 e. The van der Waals surface area contributed by atoms with Crippen LogP contribution in [0.15, 0.2) is 61.3 Å². The summed E-state index contributed by atoms with van der Waals surface area (Å²) in [5, 5.41) is 11.1. The van der Waals surface area contributed by atoms with Crippen LogP contribution in [0, 0.1) is 24.7 Å². The van der Waals surface area contributed by atoms with Gasteiger partial charge in [-0.15, -0.1) is 0 Å². The van der Waals surface area contributed by atoms with E-state index in [1.165, 1.54) is 12.7 Å². The van der Waals surface area contributed by atoms with Crippen LogP contribution in [0.3, 0.4) is 0 Å². The number of amides is 1. The number of likely N-dealkylation sites (N-methyl/N-ethyl adjacent to an activating group) is 1. The number of ether oxygens (including phenoxy) is 2. The van der Waals surface area contributed by atoms with E-state index >= 15 is 0 Å². The number of anilines is 3. The maximum Gasteiger partial charge on any atom is 0.300 e. The first-order chi connectivity index (χ1) is 20.4. The normalized spacial score (nSPS) is 12.7. The highest BCUT2D eigenvalue weighted by Gasteiger charge is 2.19. The standard InChI is InChI=1S/C31H30N8O3/c1-20-14-22(7-8-27(20)42-23-10-11-39-29(15-23)33-19-35-39)36-31-24-16-26(37-30(40)9-6-21-4-5-21)28(41-13-12-38(2)3)17-25(24)32-18-34-31/h7-8,10-11,14-19,21H,4-5,12-13H2,1-3H3,(H,37,40)(H,32,34,36). The van der Waals surface area contributed by atoms with Crippen molar-refractivity contribution in [2.75, 3.05) is 37.9 Å². The lowest BCUT2D eigenvalue weighted by atomic mass is 10.1. The molecule has 212 valence electrons. The molecule has 3 aromatic heterocycles. The van der Waals surface area contributed by atoms with Gasteiger partial charge in [-0.3, -0.25) is 4.79 Å². The van der Waals surface area contributed by atoms with E-state index in [9.17, 15) is 4.79 Å². The fraction of sp³-hybridized carbons (Fsp3) is 0.258. The van der Waals surface area contributed by atoms with Gasteiger partial charge in [0.2, 0.25) is 0 Å². The number of hydrogen-bond donors (Lipinski definition) is 2. The number of nitrogens with one attached hydrogen (secondary N) is 2. The van der Waals surface area contributed by atoms with Crippen molar-refractivity contribution in [2.45, 2.75) is 19.8 Å². The van der Waals surface area contributed by atoms with Crippen molar-refractivity contribution in [2.24, 2.45) is 5.92 Å². The summed E-state index contributed by atoms with van der Waals surface area (Å²) in [4.78, 5) is 27.8. The minimum atomic E-state index is -0.376. The second-order valence-corrected chi connectivity index (χ2v) is 10.4. The Morgan fingerprint density at radius 1 is 1.07 bits per heavy atom. The molecule has 42 heavy (non-hydrogen) atoms. The molecule has 0 aliphatic heterocycles. The van der Waals surface area contributed by atoms with Crippen LogP contribution in [0.25, 0.3) is 16.6 Å². The van der Waals surface area contributed by atoms with Crippen LogP contribution in [0.4, 0.5) is 17.2 Å². The molecule has 11 heteroatoms. The molecule has 3 heterocycles. The minimum absolute atomic E-state index is 0.324. The average molecular weight is 563 g/mol. The zero-order chi connectivity index (χ0) is 29.1. The van der Waals surface area contributed by atoms with E-state index in [0.29, 0.717) is 52.4 Å². The Bertz CT molecular complexity index is 1840. The number of benzene rings is 2. The van der Waals surface area contributed by atoms with E-state index in [1.807, 2.05) is 68.4 Å². The highest BCUT2D eigenvalue weighted by Crippen LogP contribution is 2.35. The number of aryl methyl sites for hydroxylation is 1. The quantitative estimate of drug-likeness (QED) is 0.244. The summed E-state index contributed by atoms with van der Waals surface area (Å²) in [6.07, 6.45) is 6.90. The molecule has 1 saturated carbocycles. The van der Waals surface area contributed by atoms with Gasteiger partial charge < -0.3 is 25.0 Å². The largest absolute Gasteiger partial charge is 0.490 e. The summed E-state index contributed by atoms with van der Waals surface area (Å²) in [5.41, 5.74) is 3.64. The molecule has 1 aliphatic carbocycles. The summed E-state index contributed by atoms with van der Waals surface area (Å²) < 4.78 is 13.8. The van der Waals surface area contributed by atoms with Gasteiger partial charge in [0, 0.05) is 41.9 Å². The fourth-order valence-electron chi connectivity index (χ4n) is 4.25. The molecule has 0 unspecified atom stereocenters. The van der Waals surface area contributed by atoms with Gasteiger partial charge in [-0.05, 0) is 75.7 Å².